The molecule has 3 rings (SSSR count). The number of halogens is 2. The molecule has 2 aliphatic rings. The summed E-state index contributed by atoms with van der Waals surface area (Å²) in [6.45, 7) is 1.65. The number of hydrogen-bond acceptors (Lipinski definition) is 3. The normalized spacial score (nSPS) is 24.8. The minimum atomic E-state index is -0.316. The first-order valence-electron chi connectivity index (χ1n) is 8.47. The van der Waals surface area contributed by atoms with E-state index >= 15 is 0 Å². The van der Waals surface area contributed by atoms with E-state index in [2.05, 4.69) is 10.6 Å². The molecule has 2 N–H and O–H groups in total. The quantitative estimate of drug-likeness (QED) is 0.839. The van der Waals surface area contributed by atoms with Crippen molar-refractivity contribution in [3.8, 4) is 0 Å². The summed E-state index contributed by atoms with van der Waals surface area (Å²) in [6, 6.07) is 5.08. The van der Waals surface area contributed by atoms with Gasteiger partial charge in [-0.1, -0.05) is 24.4 Å². The van der Waals surface area contributed by atoms with Gasteiger partial charge in [-0.25, -0.2) is 0 Å². The van der Waals surface area contributed by atoms with Gasteiger partial charge < -0.3 is 15.5 Å². The van der Waals surface area contributed by atoms with Gasteiger partial charge in [-0.15, -0.1) is 12.4 Å². The van der Waals surface area contributed by atoms with E-state index in [1.54, 1.807) is 32.3 Å². The van der Waals surface area contributed by atoms with Gasteiger partial charge in [-0.05, 0) is 43.5 Å². The highest BCUT2D eigenvalue weighted by Gasteiger charge is 2.49. The highest BCUT2D eigenvalue weighted by atomic mass is 35.5. The van der Waals surface area contributed by atoms with Gasteiger partial charge in [0.25, 0.3) is 5.91 Å². The van der Waals surface area contributed by atoms with Gasteiger partial charge in [0.05, 0.1) is 16.0 Å². The van der Waals surface area contributed by atoms with Crippen molar-refractivity contribution < 1.29 is 9.59 Å². The van der Waals surface area contributed by atoms with E-state index in [4.69, 9.17) is 11.6 Å². The van der Waals surface area contributed by atoms with Crippen molar-refractivity contribution in [2.24, 2.45) is 11.3 Å². The highest BCUT2D eigenvalue weighted by molar-refractivity contribution is 6.34. The molecule has 2 fully saturated rings. The highest BCUT2D eigenvalue weighted by Crippen LogP contribution is 2.44. The molecule has 1 saturated carbocycles. The number of amides is 2. The zero-order chi connectivity index (χ0) is 17.3. The van der Waals surface area contributed by atoms with Crippen molar-refractivity contribution in [1.82, 2.24) is 10.2 Å². The smallest absolute Gasteiger partial charge is 0.254 e. The molecular weight excluding hydrogens is 361 g/mol. The maximum atomic E-state index is 13.0. The Morgan fingerprint density at radius 2 is 2.08 bits per heavy atom. The lowest BCUT2D eigenvalue weighted by Crippen LogP contribution is -2.44. The molecule has 0 aromatic heterocycles. The SMILES string of the molecule is CN(C)C(=O)c1cc(NC(=O)[C@@]23CCCC[C@H]2CNC3)ccc1Cl.Cl. The van der Waals surface area contributed by atoms with E-state index in [0.717, 1.165) is 32.4 Å². The summed E-state index contributed by atoms with van der Waals surface area (Å²) in [6.07, 6.45) is 4.32. The Labute approximate surface area is 159 Å². The van der Waals surface area contributed by atoms with E-state index < -0.39 is 0 Å². The summed E-state index contributed by atoms with van der Waals surface area (Å²) < 4.78 is 0. The summed E-state index contributed by atoms with van der Waals surface area (Å²) >= 11 is 6.14. The van der Waals surface area contributed by atoms with Crippen LogP contribution in [-0.2, 0) is 4.79 Å². The number of nitrogens with zero attached hydrogens (tertiary/aromatic N) is 1. The first kappa shape index (κ1) is 20.0. The summed E-state index contributed by atoms with van der Waals surface area (Å²) in [7, 11) is 3.36. The van der Waals surface area contributed by atoms with Crippen LogP contribution in [0.5, 0.6) is 0 Å². The van der Waals surface area contributed by atoms with Crippen molar-refractivity contribution in [3.05, 3.63) is 28.8 Å². The van der Waals surface area contributed by atoms with Crippen LogP contribution in [0, 0.1) is 11.3 Å². The van der Waals surface area contributed by atoms with Gasteiger partial charge in [0.15, 0.2) is 0 Å². The molecule has 0 unspecified atom stereocenters. The predicted molar refractivity (Wildman–Crippen MR) is 103 cm³/mol. The third-order valence-corrected chi connectivity index (χ3v) is 5.68. The van der Waals surface area contributed by atoms with Crippen LogP contribution in [0.25, 0.3) is 0 Å². The summed E-state index contributed by atoms with van der Waals surface area (Å²) in [4.78, 5) is 26.7. The van der Waals surface area contributed by atoms with Gasteiger partial charge in [0, 0.05) is 26.3 Å². The molecule has 1 aliphatic heterocycles. The van der Waals surface area contributed by atoms with E-state index in [-0.39, 0.29) is 29.6 Å². The molecule has 0 radical (unpaired) electrons. The molecule has 1 aromatic carbocycles. The molecule has 1 saturated heterocycles. The molecule has 25 heavy (non-hydrogen) atoms. The predicted octanol–water partition coefficient (Wildman–Crippen LogP) is 3.18. The second kappa shape index (κ2) is 7.94. The third-order valence-electron chi connectivity index (χ3n) is 5.35. The molecule has 1 heterocycles. The van der Waals surface area contributed by atoms with Crippen LogP contribution in [0.15, 0.2) is 18.2 Å². The van der Waals surface area contributed by atoms with Gasteiger partial charge in [0.2, 0.25) is 5.91 Å². The average Bonchev–Trinajstić information content (AvgIpc) is 3.01. The molecule has 0 bridgehead atoms. The van der Waals surface area contributed by atoms with E-state index in [0.29, 0.717) is 22.2 Å². The molecule has 7 heteroatoms. The lowest BCUT2D eigenvalue weighted by atomic mass is 9.67. The van der Waals surface area contributed by atoms with Crippen LogP contribution < -0.4 is 10.6 Å². The van der Waals surface area contributed by atoms with Crippen molar-refractivity contribution in [2.75, 3.05) is 32.5 Å². The first-order valence-corrected chi connectivity index (χ1v) is 8.85. The first-order chi connectivity index (χ1) is 11.4. The molecule has 138 valence electrons. The minimum Gasteiger partial charge on any atom is -0.345 e. The number of nitrogens with one attached hydrogen (secondary N) is 2. The minimum absolute atomic E-state index is 0. The number of fused-ring (bicyclic) bond motifs is 1. The van der Waals surface area contributed by atoms with Crippen molar-refractivity contribution in [1.29, 1.82) is 0 Å². The Bertz CT molecular complexity index is 666. The van der Waals surface area contributed by atoms with Gasteiger partial charge in [0.1, 0.15) is 0 Å². The van der Waals surface area contributed by atoms with Crippen LogP contribution in [0.3, 0.4) is 0 Å². The Balaban J connectivity index is 0.00000225. The average molecular weight is 386 g/mol. The maximum absolute atomic E-state index is 13.0. The summed E-state index contributed by atoms with van der Waals surface area (Å²) in [5, 5.41) is 6.80. The molecule has 0 spiro atoms. The molecule has 1 aromatic rings. The van der Waals surface area contributed by atoms with E-state index in [1.807, 2.05) is 0 Å². The number of carbonyl (C=O) groups is 2. The van der Waals surface area contributed by atoms with Crippen LogP contribution in [0.4, 0.5) is 5.69 Å². The molecule has 2 amide bonds. The zero-order valence-corrected chi connectivity index (χ0v) is 16.2. The zero-order valence-electron chi connectivity index (χ0n) is 14.6. The Hall–Kier alpha value is -1.30. The van der Waals surface area contributed by atoms with Crippen LogP contribution in [0.1, 0.15) is 36.0 Å². The van der Waals surface area contributed by atoms with Crippen LogP contribution in [-0.4, -0.2) is 43.9 Å². The Kier molecular flexibility index (Phi) is 6.35. The second-order valence-corrected chi connectivity index (χ2v) is 7.49. The fraction of sp³-hybridized carbons (Fsp3) is 0.556. The van der Waals surface area contributed by atoms with Crippen LogP contribution in [0.2, 0.25) is 5.02 Å². The number of hydrogen-bond donors (Lipinski definition) is 2. The number of carbonyl (C=O) groups excluding carboxylic acids is 2. The molecular formula is C18H25Cl2N3O2. The van der Waals surface area contributed by atoms with E-state index in [9.17, 15) is 9.59 Å². The number of benzene rings is 1. The summed E-state index contributed by atoms with van der Waals surface area (Å²) in [5.41, 5.74) is 0.714. The lowest BCUT2D eigenvalue weighted by Gasteiger charge is -2.37. The van der Waals surface area contributed by atoms with Gasteiger partial charge in [-0.2, -0.15) is 0 Å². The molecule has 1 aliphatic carbocycles. The summed E-state index contributed by atoms with van der Waals surface area (Å²) in [5.74, 6) is 0.288. The topological polar surface area (TPSA) is 61.4 Å². The monoisotopic (exact) mass is 385 g/mol. The Morgan fingerprint density at radius 1 is 1.32 bits per heavy atom. The number of rotatable bonds is 3. The number of anilines is 1. The fourth-order valence-electron chi connectivity index (χ4n) is 3.95. The van der Waals surface area contributed by atoms with E-state index in [1.165, 1.54) is 11.3 Å². The second-order valence-electron chi connectivity index (χ2n) is 7.08. The van der Waals surface area contributed by atoms with Crippen molar-refractivity contribution >= 4 is 41.5 Å². The largest absolute Gasteiger partial charge is 0.345 e. The van der Waals surface area contributed by atoms with Crippen molar-refractivity contribution in [2.45, 2.75) is 25.7 Å². The maximum Gasteiger partial charge on any atom is 0.254 e. The Morgan fingerprint density at radius 3 is 2.80 bits per heavy atom. The molecule has 5 nitrogen and oxygen atoms in total. The molecule has 2 atom stereocenters. The fourth-order valence-corrected chi connectivity index (χ4v) is 4.15. The standard InChI is InChI=1S/C18H24ClN3O2.ClH/c1-22(2)16(23)14-9-13(6-7-15(14)19)21-17(24)18-8-4-3-5-12(18)10-20-11-18;/h6-7,9,12,20H,3-5,8,10-11H2,1-2H3,(H,21,24);1H/t12-,18+;/m0./s1. The van der Waals surface area contributed by atoms with Gasteiger partial charge >= 0.3 is 0 Å². The van der Waals surface area contributed by atoms with Gasteiger partial charge in [-0.3, -0.25) is 9.59 Å². The van der Waals surface area contributed by atoms with Crippen molar-refractivity contribution in [3.63, 3.8) is 0 Å². The lowest BCUT2D eigenvalue weighted by molar-refractivity contribution is -0.128. The van der Waals surface area contributed by atoms with Crippen LogP contribution >= 0.6 is 24.0 Å². The third kappa shape index (κ3) is 3.78.